The van der Waals surface area contributed by atoms with E-state index >= 15 is 0 Å². The van der Waals surface area contributed by atoms with E-state index in [1.807, 2.05) is 30.7 Å². The van der Waals surface area contributed by atoms with Crippen molar-refractivity contribution in [1.82, 2.24) is 14.5 Å². The second-order valence-electron chi connectivity index (χ2n) is 3.55. The topological polar surface area (TPSA) is 30.7 Å². The summed E-state index contributed by atoms with van der Waals surface area (Å²) in [6.45, 7) is 1.10. The Balaban J connectivity index is 2.13. The van der Waals surface area contributed by atoms with Gasteiger partial charge in [0.15, 0.2) is 0 Å². The Bertz CT molecular complexity index is 445. The standard InChI is InChI=1S/C11H11N3/c1-2-11-13-8-10(14(11)7-1)9-3-5-12-6-4-9/h3-6,8H,1-2,7H2. The largest absolute Gasteiger partial charge is 0.328 e. The van der Waals surface area contributed by atoms with Crippen molar-refractivity contribution in [1.29, 1.82) is 0 Å². The lowest BCUT2D eigenvalue weighted by atomic mass is 10.2. The number of pyridine rings is 1. The highest BCUT2D eigenvalue weighted by Crippen LogP contribution is 2.24. The first kappa shape index (κ1) is 7.74. The fourth-order valence-electron chi connectivity index (χ4n) is 2.01. The van der Waals surface area contributed by atoms with Crippen LogP contribution >= 0.6 is 0 Å². The van der Waals surface area contributed by atoms with Crippen molar-refractivity contribution in [3.8, 4) is 11.3 Å². The summed E-state index contributed by atoms with van der Waals surface area (Å²) in [7, 11) is 0. The molecule has 0 fully saturated rings. The first-order valence-electron chi connectivity index (χ1n) is 4.90. The molecule has 0 unspecified atom stereocenters. The number of aryl methyl sites for hydroxylation is 1. The number of hydrogen-bond acceptors (Lipinski definition) is 2. The first-order valence-corrected chi connectivity index (χ1v) is 4.90. The summed E-state index contributed by atoms with van der Waals surface area (Å²) in [5, 5.41) is 0. The summed E-state index contributed by atoms with van der Waals surface area (Å²) in [6.07, 6.45) is 7.95. The van der Waals surface area contributed by atoms with Gasteiger partial charge in [-0.3, -0.25) is 4.98 Å². The Hall–Kier alpha value is -1.64. The zero-order valence-electron chi connectivity index (χ0n) is 7.85. The molecule has 3 heterocycles. The molecule has 0 N–H and O–H groups in total. The third-order valence-corrected chi connectivity index (χ3v) is 2.70. The van der Waals surface area contributed by atoms with Crippen LogP contribution in [0.2, 0.25) is 0 Å². The van der Waals surface area contributed by atoms with Crippen LogP contribution in [-0.4, -0.2) is 14.5 Å². The monoisotopic (exact) mass is 185 g/mol. The van der Waals surface area contributed by atoms with Gasteiger partial charge in [0, 0.05) is 30.9 Å². The molecule has 0 bridgehead atoms. The van der Waals surface area contributed by atoms with Gasteiger partial charge in [-0.05, 0) is 18.6 Å². The van der Waals surface area contributed by atoms with Gasteiger partial charge in [-0.1, -0.05) is 0 Å². The van der Waals surface area contributed by atoms with Crippen LogP contribution in [0, 0.1) is 0 Å². The molecule has 0 aromatic carbocycles. The minimum atomic E-state index is 1.10. The summed E-state index contributed by atoms with van der Waals surface area (Å²) < 4.78 is 2.30. The van der Waals surface area contributed by atoms with Crippen LogP contribution in [0.3, 0.4) is 0 Å². The molecule has 2 aromatic heterocycles. The lowest BCUT2D eigenvalue weighted by Gasteiger charge is -2.03. The molecule has 3 nitrogen and oxygen atoms in total. The molecule has 1 aliphatic rings. The predicted octanol–water partition coefficient (Wildman–Crippen LogP) is 1.89. The maximum atomic E-state index is 4.42. The van der Waals surface area contributed by atoms with Crippen molar-refractivity contribution < 1.29 is 0 Å². The van der Waals surface area contributed by atoms with Crippen molar-refractivity contribution in [2.45, 2.75) is 19.4 Å². The molecule has 1 aliphatic heterocycles. The van der Waals surface area contributed by atoms with Crippen LogP contribution in [-0.2, 0) is 13.0 Å². The van der Waals surface area contributed by atoms with Crippen molar-refractivity contribution in [2.24, 2.45) is 0 Å². The minimum absolute atomic E-state index is 1.10. The quantitative estimate of drug-likeness (QED) is 0.679. The first-order chi connectivity index (χ1) is 6.95. The van der Waals surface area contributed by atoms with Crippen LogP contribution in [0.5, 0.6) is 0 Å². The van der Waals surface area contributed by atoms with Gasteiger partial charge in [0.05, 0.1) is 11.9 Å². The molecule has 70 valence electrons. The molecule has 0 amide bonds. The van der Waals surface area contributed by atoms with Gasteiger partial charge in [-0.2, -0.15) is 0 Å². The van der Waals surface area contributed by atoms with Crippen LogP contribution in [0.1, 0.15) is 12.2 Å². The molecule has 14 heavy (non-hydrogen) atoms. The van der Waals surface area contributed by atoms with Crippen molar-refractivity contribution in [2.75, 3.05) is 0 Å². The van der Waals surface area contributed by atoms with Crippen molar-refractivity contribution in [3.05, 3.63) is 36.5 Å². The van der Waals surface area contributed by atoms with E-state index < -0.39 is 0 Å². The Morgan fingerprint density at radius 2 is 2.07 bits per heavy atom. The van der Waals surface area contributed by atoms with E-state index in [1.165, 1.54) is 23.5 Å². The third kappa shape index (κ3) is 1.05. The van der Waals surface area contributed by atoms with Gasteiger partial charge < -0.3 is 4.57 Å². The zero-order valence-corrected chi connectivity index (χ0v) is 7.85. The van der Waals surface area contributed by atoms with Gasteiger partial charge in [-0.25, -0.2) is 4.98 Å². The SMILES string of the molecule is c1cc(-c2cnc3n2CCC3)ccn1. The van der Waals surface area contributed by atoms with Gasteiger partial charge in [-0.15, -0.1) is 0 Å². The lowest BCUT2D eigenvalue weighted by Crippen LogP contribution is -1.94. The van der Waals surface area contributed by atoms with E-state index in [1.54, 1.807) is 0 Å². The number of rotatable bonds is 1. The number of aromatic nitrogens is 3. The van der Waals surface area contributed by atoms with Crippen molar-refractivity contribution >= 4 is 0 Å². The van der Waals surface area contributed by atoms with Gasteiger partial charge in [0.25, 0.3) is 0 Å². The molecule has 0 spiro atoms. The summed E-state index contributed by atoms with van der Waals surface area (Å²) in [4.78, 5) is 8.43. The Morgan fingerprint density at radius 1 is 1.21 bits per heavy atom. The maximum absolute atomic E-state index is 4.42. The summed E-state index contributed by atoms with van der Waals surface area (Å²) in [5.74, 6) is 1.22. The summed E-state index contributed by atoms with van der Waals surface area (Å²) >= 11 is 0. The molecule has 0 saturated carbocycles. The Kier molecular flexibility index (Phi) is 1.63. The van der Waals surface area contributed by atoms with Crippen LogP contribution in [0.15, 0.2) is 30.7 Å². The van der Waals surface area contributed by atoms with E-state index in [9.17, 15) is 0 Å². The van der Waals surface area contributed by atoms with Crippen molar-refractivity contribution in [3.63, 3.8) is 0 Å². The van der Waals surface area contributed by atoms with Gasteiger partial charge >= 0.3 is 0 Å². The van der Waals surface area contributed by atoms with Gasteiger partial charge in [0.1, 0.15) is 5.82 Å². The number of fused-ring (bicyclic) bond motifs is 1. The minimum Gasteiger partial charge on any atom is -0.328 e. The highest BCUT2D eigenvalue weighted by molar-refractivity contribution is 5.58. The number of hydrogen-bond donors (Lipinski definition) is 0. The van der Waals surface area contributed by atoms with Crippen LogP contribution in [0.25, 0.3) is 11.3 Å². The molecular formula is C11H11N3. The predicted molar refractivity (Wildman–Crippen MR) is 53.8 cm³/mol. The molecule has 0 aliphatic carbocycles. The highest BCUT2D eigenvalue weighted by Gasteiger charge is 2.15. The smallest absolute Gasteiger partial charge is 0.109 e. The fraction of sp³-hybridized carbons (Fsp3) is 0.273. The maximum Gasteiger partial charge on any atom is 0.109 e. The summed E-state index contributed by atoms with van der Waals surface area (Å²) in [6, 6.07) is 4.06. The highest BCUT2D eigenvalue weighted by atomic mass is 15.1. The molecule has 3 rings (SSSR count). The zero-order chi connectivity index (χ0) is 9.38. The van der Waals surface area contributed by atoms with Crippen LogP contribution < -0.4 is 0 Å². The second kappa shape index (κ2) is 2.94. The normalized spacial score (nSPS) is 14.3. The van der Waals surface area contributed by atoms with E-state index in [0.29, 0.717) is 0 Å². The second-order valence-corrected chi connectivity index (χ2v) is 3.55. The fourth-order valence-corrected chi connectivity index (χ4v) is 2.01. The van der Waals surface area contributed by atoms with E-state index in [-0.39, 0.29) is 0 Å². The molecular weight excluding hydrogens is 174 g/mol. The average Bonchev–Trinajstić information content (AvgIpc) is 2.79. The lowest BCUT2D eigenvalue weighted by molar-refractivity contribution is 0.756. The van der Waals surface area contributed by atoms with Gasteiger partial charge in [0.2, 0.25) is 0 Å². The van der Waals surface area contributed by atoms with E-state index in [0.717, 1.165) is 13.0 Å². The molecule has 0 saturated heterocycles. The molecule has 3 heteroatoms. The number of nitrogens with zero attached hydrogens (tertiary/aromatic N) is 3. The average molecular weight is 185 g/mol. The molecule has 0 atom stereocenters. The third-order valence-electron chi connectivity index (χ3n) is 2.70. The van der Waals surface area contributed by atoms with Crippen LogP contribution in [0.4, 0.5) is 0 Å². The summed E-state index contributed by atoms with van der Waals surface area (Å²) in [5.41, 5.74) is 2.43. The molecule has 0 radical (unpaired) electrons. The Labute approximate surface area is 82.4 Å². The van der Waals surface area contributed by atoms with E-state index in [4.69, 9.17) is 0 Å². The number of imidazole rings is 1. The molecule has 2 aromatic rings. The Morgan fingerprint density at radius 3 is 2.93 bits per heavy atom. The van der Waals surface area contributed by atoms with E-state index in [2.05, 4.69) is 14.5 Å².